The highest BCUT2D eigenvalue weighted by atomic mass is 31.2. The predicted molar refractivity (Wildman–Crippen MR) is 103 cm³/mol. The number of primary amides is 1. The lowest BCUT2D eigenvalue weighted by atomic mass is 10.2. The molecule has 8 heteroatoms. The minimum atomic E-state index is -2.53. The number of nitrogens with two attached hydrogens (primary N) is 1. The van der Waals surface area contributed by atoms with Gasteiger partial charge in [-0.05, 0) is 38.3 Å². The van der Waals surface area contributed by atoms with Gasteiger partial charge in [-0.1, -0.05) is 12.1 Å². The Morgan fingerprint density at radius 1 is 1.19 bits per heavy atom. The summed E-state index contributed by atoms with van der Waals surface area (Å²) in [4.78, 5) is 27.8. The summed E-state index contributed by atoms with van der Waals surface area (Å²) in [6.07, 6.45) is 3.09. The van der Waals surface area contributed by atoms with Crippen molar-refractivity contribution in [1.29, 1.82) is 0 Å². The number of hydrogen-bond donors (Lipinski definition) is 3. The number of anilines is 3. The molecule has 0 saturated heterocycles. The Hall–Kier alpha value is -2.66. The second-order valence-corrected chi connectivity index (χ2v) is 9.92. The molecule has 1 aliphatic carbocycles. The van der Waals surface area contributed by atoms with Gasteiger partial charge in [-0.2, -0.15) is 0 Å². The number of aromatic nitrogens is 1. The fraction of sp³-hybridized carbons (Fsp3) is 0.278. The molecule has 3 rings (SSSR count). The molecule has 0 aliphatic heterocycles. The molecule has 1 aromatic heterocycles. The Balaban J connectivity index is 1.96. The molecule has 136 valence electrons. The average molecular weight is 372 g/mol. The van der Waals surface area contributed by atoms with Gasteiger partial charge >= 0.3 is 0 Å². The number of hydrogen-bond acceptors (Lipinski definition) is 5. The highest BCUT2D eigenvalue weighted by Crippen LogP contribution is 2.38. The summed E-state index contributed by atoms with van der Waals surface area (Å²) in [7, 11) is -2.53. The molecule has 1 fully saturated rings. The van der Waals surface area contributed by atoms with Crippen LogP contribution in [0.5, 0.6) is 0 Å². The SMILES string of the molecule is CP(C)(=O)c1ccccc1Nc1cc(NC(=O)C2CC2)ncc1C(N)=O. The van der Waals surface area contributed by atoms with Crippen molar-refractivity contribution in [2.75, 3.05) is 24.0 Å². The van der Waals surface area contributed by atoms with E-state index < -0.39 is 13.0 Å². The lowest BCUT2D eigenvalue weighted by Crippen LogP contribution is -2.18. The van der Waals surface area contributed by atoms with Gasteiger partial charge < -0.3 is 20.9 Å². The van der Waals surface area contributed by atoms with Crippen molar-refractivity contribution in [1.82, 2.24) is 4.98 Å². The molecule has 4 N–H and O–H groups in total. The summed E-state index contributed by atoms with van der Waals surface area (Å²) in [5.41, 5.74) is 6.65. The summed E-state index contributed by atoms with van der Waals surface area (Å²) in [5.74, 6) is -0.352. The van der Waals surface area contributed by atoms with Gasteiger partial charge in [0.1, 0.15) is 13.0 Å². The zero-order valence-electron chi connectivity index (χ0n) is 14.7. The molecule has 2 amide bonds. The molecule has 0 bridgehead atoms. The second kappa shape index (κ2) is 6.92. The first-order chi connectivity index (χ1) is 12.3. The molecule has 7 nitrogen and oxygen atoms in total. The van der Waals surface area contributed by atoms with Crippen LogP contribution in [0.2, 0.25) is 0 Å². The number of pyridine rings is 1. The fourth-order valence-corrected chi connectivity index (χ4v) is 3.75. The summed E-state index contributed by atoms with van der Waals surface area (Å²) in [5, 5.41) is 6.53. The number of amides is 2. The maximum Gasteiger partial charge on any atom is 0.252 e. The van der Waals surface area contributed by atoms with Crippen molar-refractivity contribution >= 4 is 41.5 Å². The third-order valence-electron chi connectivity index (χ3n) is 4.12. The highest BCUT2D eigenvalue weighted by molar-refractivity contribution is 7.70. The Bertz CT molecular complexity index is 918. The van der Waals surface area contributed by atoms with Gasteiger partial charge in [0.25, 0.3) is 5.91 Å². The van der Waals surface area contributed by atoms with E-state index in [4.69, 9.17) is 5.73 Å². The smallest absolute Gasteiger partial charge is 0.252 e. The Morgan fingerprint density at radius 3 is 2.50 bits per heavy atom. The molecule has 1 aliphatic rings. The van der Waals surface area contributed by atoms with Crippen LogP contribution in [0.4, 0.5) is 17.2 Å². The maximum absolute atomic E-state index is 12.5. The Kier molecular flexibility index (Phi) is 4.83. The topological polar surface area (TPSA) is 114 Å². The summed E-state index contributed by atoms with van der Waals surface area (Å²) in [6, 6.07) is 8.74. The van der Waals surface area contributed by atoms with Crippen molar-refractivity contribution in [3.8, 4) is 0 Å². The number of nitrogens with one attached hydrogen (secondary N) is 2. The van der Waals surface area contributed by atoms with Gasteiger partial charge in [0.15, 0.2) is 0 Å². The van der Waals surface area contributed by atoms with Crippen LogP contribution in [-0.4, -0.2) is 30.1 Å². The monoisotopic (exact) mass is 372 g/mol. The van der Waals surface area contributed by atoms with Crippen LogP contribution in [0.3, 0.4) is 0 Å². The molecular formula is C18H21N4O3P. The van der Waals surface area contributed by atoms with E-state index in [0.29, 0.717) is 22.5 Å². The quantitative estimate of drug-likeness (QED) is 0.674. The summed E-state index contributed by atoms with van der Waals surface area (Å²) in [6.45, 7) is 3.35. The molecule has 0 radical (unpaired) electrons. The van der Waals surface area contributed by atoms with E-state index in [1.165, 1.54) is 6.20 Å². The van der Waals surface area contributed by atoms with Gasteiger partial charge in [-0.3, -0.25) is 9.59 Å². The number of benzene rings is 1. The van der Waals surface area contributed by atoms with Crippen LogP contribution in [0, 0.1) is 5.92 Å². The van der Waals surface area contributed by atoms with Crippen LogP contribution < -0.4 is 21.7 Å². The summed E-state index contributed by atoms with van der Waals surface area (Å²) >= 11 is 0. The number of carbonyl (C=O) groups is 2. The van der Waals surface area contributed by atoms with Crippen molar-refractivity contribution in [3.63, 3.8) is 0 Å². The predicted octanol–water partition coefficient (Wildman–Crippen LogP) is 2.52. The number of para-hydroxylation sites is 1. The number of carbonyl (C=O) groups excluding carboxylic acids is 2. The van der Waals surface area contributed by atoms with Gasteiger partial charge in [-0.25, -0.2) is 4.98 Å². The molecule has 26 heavy (non-hydrogen) atoms. The first kappa shape index (κ1) is 18.1. The van der Waals surface area contributed by atoms with Crippen molar-refractivity contribution in [2.24, 2.45) is 11.7 Å². The lowest BCUT2D eigenvalue weighted by Gasteiger charge is -2.17. The van der Waals surface area contributed by atoms with Crippen LogP contribution in [0.15, 0.2) is 36.5 Å². The minimum absolute atomic E-state index is 0.0378. The molecule has 1 aromatic carbocycles. The van der Waals surface area contributed by atoms with E-state index in [1.807, 2.05) is 12.1 Å². The van der Waals surface area contributed by atoms with Crippen molar-refractivity contribution in [2.45, 2.75) is 12.8 Å². The molecule has 0 unspecified atom stereocenters. The Labute approximate surface area is 151 Å². The first-order valence-electron chi connectivity index (χ1n) is 8.28. The zero-order chi connectivity index (χ0) is 18.9. The largest absolute Gasteiger partial charge is 0.365 e. The van der Waals surface area contributed by atoms with Gasteiger partial charge in [-0.15, -0.1) is 0 Å². The fourth-order valence-electron chi connectivity index (χ4n) is 2.59. The van der Waals surface area contributed by atoms with Crippen molar-refractivity contribution in [3.05, 3.63) is 42.1 Å². The summed E-state index contributed by atoms with van der Waals surface area (Å²) < 4.78 is 12.5. The van der Waals surface area contributed by atoms with Gasteiger partial charge in [0.2, 0.25) is 5.91 Å². The van der Waals surface area contributed by atoms with E-state index in [0.717, 1.165) is 12.8 Å². The van der Waals surface area contributed by atoms with E-state index in [2.05, 4.69) is 15.6 Å². The minimum Gasteiger partial charge on any atom is -0.365 e. The van der Waals surface area contributed by atoms with Gasteiger partial charge in [0, 0.05) is 29.2 Å². The Morgan fingerprint density at radius 2 is 1.88 bits per heavy atom. The van der Waals surface area contributed by atoms with E-state index in [1.54, 1.807) is 31.5 Å². The standard InChI is InChI=1S/C18H21N4O3P/c1-26(2,25)15-6-4-3-5-13(15)21-14-9-16(20-10-12(14)17(19)23)22-18(24)11-7-8-11/h3-6,9-11H,7-8H2,1-2H3,(H2,19,23)(H2,20,21,22,24). The molecule has 2 aromatic rings. The molecule has 1 saturated carbocycles. The van der Waals surface area contributed by atoms with Crippen molar-refractivity contribution < 1.29 is 14.2 Å². The van der Waals surface area contributed by atoms with Crippen LogP contribution in [0.25, 0.3) is 0 Å². The second-order valence-electron chi connectivity index (χ2n) is 6.74. The van der Waals surface area contributed by atoms with E-state index >= 15 is 0 Å². The number of rotatable bonds is 6. The van der Waals surface area contributed by atoms with Crippen LogP contribution >= 0.6 is 7.14 Å². The zero-order valence-corrected chi connectivity index (χ0v) is 15.5. The van der Waals surface area contributed by atoms with Crippen LogP contribution in [-0.2, 0) is 9.36 Å². The number of nitrogens with zero attached hydrogens (tertiary/aromatic N) is 1. The molecule has 0 spiro atoms. The van der Waals surface area contributed by atoms with E-state index in [-0.39, 0.29) is 17.4 Å². The normalized spacial score (nSPS) is 13.9. The van der Waals surface area contributed by atoms with Gasteiger partial charge in [0.05, 0.1) is 11.3 Å². The molecule has 0 atom stereocenters. The first-order valence-corrected chi connectivity index (χ1v) is 10.9. The highest BCUT2D eigenvalue weighted by Gasteiger charge is 2.30. The molecule has 1 heterocycles. The third-order valence-corrected chi connectivity index (χ3v) is 5.67. The van der Waals surface area contributed by atoms with E-state index in [9.17, 15) is 14.2 Å². The maximum atomic E-state index is 12.5. The molecular weight excluding hydrogens is 351 g/mol. The van der Waals surface area contributed by atoms with Crippen LogP contribution in [0.1, 0.15) is 23.2 Å². The average Bonchev–Trinajstić information content (AvgIpc) is 3.39. The lowest BCUT2D eigenvalue weighted by molar-refractivity contribution is -0.117. The third kappa shape index (κ3) is 4.11.